The molecule has 3 heteroatoms. The van der Waals surface area contributed by atoms with E-state index in [1.807, 2.05) is 19.1 Å². The van der Waals surface area contributed by atoms with E-state index in [0.717, 1.165) is 0 Å². The lowest BCUT2D eigenvalue weighted by molar-refractivity contribution is 0.156. The van der Waals surface area contributed by atoms with Crippen LogP contribution in [0.4, 0.5) is 4.79 Å². The van der Waals surface area contributed by atoms with Gasteiger partial charge in [0.05, 0.1) is 6.04 Å². The van der Waals surface area contributed by atoms with Crippen molar-refractivity contribution in [2.24, 2.45) is 0 Å². The molecule has 1 rings (SSSR count). The van der Waals surface area contributed by atoms with Crippen LogP contribution in [0.1, 0.15) is 6.92 Å². The molecule has 0 fully saturated rings. The lowest BCUT2D eigenvalue weighted by Gasteiger charge is -2.21. The number of allylic oxidation sites excluding steroid dienone is 2. The van der Waals surface area contributed by atoms with E-state index in [2.05, 4.69) is 0 Å². The van der Waals surface area contributed by atoms with Gasteiger partial charge in [-0.05, 0) is 13.0 Å². The summed E-state index contributed by atoms with van der Waals surface area (Å²) in [7, 11) is 0. The Bertz CT molecular complexity index is 196. The zero-order valence-electron chi connectivity index (χ0n) is 5.69. The molecule has 1 aliphatic rings. The van der Waals surface area contributed by atoms with Gasteiger partial charge in [0.2, 0.25) is 0 Å². The summed E-state index contributed by atoms with van der Waals surface area (Å²) < 4.78 is 0. The van der Waals surface area contributed by atoms with E-state index in [1.165, 1.54) is 4.90 Å². The van der Waals surface area contributed by atoms with Gasteiger partial charge in [0.15, 0.2) is 0 Å². The average molecular weight is 139 g/mol. The van der Waals surface area contributed by atoms with Crippen LogP contribution in [0.25, 0.3) is 0 Å². The van der Waals surface area contributed by atoms with Crippen LogP contribution < -0.4 is 0 Å². The van der Waals surface area contributed by atoms with Crippen LogP contribution in [0.15, 0.2) is 24.4 Å². The standard InChI is InChI=1S/C7H9NO2/c1-6-4-2-3-5-8(6)7(9)10/h2-6H,1H3,(H,9,10). The molecule has 1 aliphatic heterocycles. The van der Waals surface area contributed by atoms with Crippen molar-refractivity contribution in [1.29, 1.82) is 0 Å². The third-order valence-electron chi connectivity index (χ3n) is 1.41. The SMILES string of the molecule is CC1C=CC=CN1C(=O)O. The molecule has 54 valence electrons. The number of carboxylic acid groups (broad SMARTS) is 1. The van der Waals surface area contributed by atoms with Crippen LogP contribution in [0, 0.1) is 0 Å². The molecule has 0 aromatic rings. The zero-order valence-corrected chi connectivity index (χ0v) is 5.69. The van der Waals surface area contributed by atoms with Crippen molar-refractivity contribution in [3.05, 3.63) is 24.4 Å². The molecular formula is C7H9NO2. The molecule has 0 bridgehead atoms. The average Bonchev–Trinajstić information content (AvgIpc) is 1.88. The first-order valence-corrected chi connectivity index (χ1v) is 3.08. The van der Waals surface area contributed by atoms with E-state index in [0.29, 0.717) is 0 Å². The summed E-state index contributed by atoms with van der Waals surface area (Å²) in [6.07, 6.45) is 6.01. The van der Waals surface area contributed by atoms with Gasteiger partial charge < -0.3 is 5.11 Å². The van der Waals surface area contributed by atoms with Crippen LogP contribution in [-0.2, 0) is 0 Å². The van der Waals surface area contributed by atoms with Gasteiger partial charge in [-0.25, -0.2) is 4.79 Å². The molecule has 1 atom stereocenters. The summed E-state index contributed by atoms with van der Waals surface area (Å²) in [5.74, 6) is 0. The first kappa shape index (κ1) is 6.86. The molecule has 0 saturated carbocycles. The van der Waals surface area contributed by atoms with E-state index in [-0.39, 0.29) is 6.04 Å². The smallest absolute Gasteiger partial charge is 0.411 e. The number of amides is 1. The second kappa shape index (κ2) is 2.56. The number of carbonyl (C=O) groups is 1. The predicted octanol–water partition coefficient (Wildman–Crippen LogP) is 1.44. The molecule has 1 amide bonds. The fourth-order valence-electron chi connectivity index (χ4n) is 0.834. The van der Waals surface area contributed by atoms with E-state index >= 15 is 0 Å². The molecule has 10 heavy (non-hydrogen) atoms. The Labute approximate surface area is 59.3 Å². The summed E-state index contributed by atoms with van der Waals surface area (Å²) in [4.78, 5) is 11.7. The van der Waals surface area contributed by atoms with Crippen molar-refractivity contribution >= 4 is 6.09 Å². The third-order valence-corrected chi connectivity index (χ3v) is 1.41. The fraction of sp³-hybridized carbons (Fsp3) is 0.286. The zero-order chi connectivity index (χ0) is 7.56. The lowest BCUT2D eigenvalue weighted by Crippen LogP contribution is -2.32. The van der Waals surface area contributed by atoms with Crippen LogP contribution in [0.3, 0.4) is 0 Å². The molecule has 0 radical (unpaired) electrons. The normalized spacial score (nSPS) is 23.3. The highest BCUT2D eigenvalue weighted by Gasteiger charge is 2.14. The summed E-state index contributed by atoms with van der Waals surface area (Å²) in [6, 6.07) is -0.0394. The highest BCUT2D eigenvalue weighted by atomic mass is 16.4. The Hall–Kier alpha value is -1.25. The molecule has 3 nitrogen and oxygen atoms in total. The Morgan fingerprint density at radius 1 is 1.60 bits per heavy atom. The summed E-state index contributed by atoms with van der Waals surface area (Å²) in [6.45, 7) is 1.83. The van der Waals surface area contributed by atoms with Gasteiger partial charge in [0.25, 0.3) is 0 Å². The Balaban J connectivity index is 2.70. The molecular weight excluding hydrogens is 130 g/mol. The van der Waals surface area contributed by atoms with Crippen molar-refractivity contribution in [2.45, 2.75) is 13.0 Å². The molecule has 0 saturated heterocycles. The number of hydrogen-bond donors (Lipinski definition) is 1. The van der Waals surface area contributed by atoms with Crippen LogP contribution in [0.2, 0.25) is 0 Å². The lowest BCUT2D eigenvalue weighted by atomic mass is 10.2. The van der Waals surface area contributed by atoms with Gasteiger partial charge in [-0.2, -0.15) is 0 Å². The minimum Gasteiger partial charge on any atom is -0.465 e. The number of hydrogen-bond acceptors (Lipinski definition) is 1. The first-order valence-electron chi connectivity index (χ1n) is 3.08. The van der Waals surface area contributed by atoms with Crippen molar-refractivity contribution < 1.29 is 9.90 Å². The minimum atomic E-state index is -0.909. The largest absolute Gasteiger partial charge is 0.465 e. The molecule has 0 aromatic carbocycles. The Kier molecular flexibility index (Phi) is 1.76. The van der Waals surface area contributed by atoms with Gasteiger partial charge in [-0.1, -0.05) is 12.2 Å². The summed E-state index contributed by atoms with van der Waals surface area (Å²) >= 11 is 0. The molecule has 0 spiro atoms. The topological polar surface area (TPSA) is 40.5 Å². The summed E-state index contributed by atoms with van der Waals surface area (Å²) in [5, 5.41) is 8.55. The predicted molar refractivity (Wildman–Crippen MR) is 37.6 cm³/mol. The first-order chi connectivity index (χ1) is 4.72. The third kappa shape index (κ3) is 1.18. The van der Waals surface area contributed by atoms with Gasteiger partial charge in [-0.15, -0.1) is 0 Å². The van der Waals surface area contributed by atoms with Crippen LogP contribution in [-0.4, -0.2) is 22.1 Å². The summed E-state index contributed by atoms with van der Waals surface area (Å²) in [5.41, 5.74) is 0. The van der Waals surface area contributed by atoms with Crippen LogP contribution >= 0.6 is 0 Å². The van der Waals surface area contributed by atoms with Gasteiger partial charge >= 0.3 is 6.09 Å². The monoisotopic (exact) mass is 139 g/mol. The molecule has 1 unspecified atom stereocenters. The number of rotatable bonds is 0. The highest BCUT2D eigenvalue weighted by Crippen LogP contribution is 2.06. The Morgan fingerprint density at radius 3 is 2.70 bits per heavy atom. The van der Waals surface area contributed by atoms with Crippen LogP contribution in [0.5, 0.6) is 0 Å². The van der Waals surface area contributed by atoms with E-state index in [4.69, 9.17) is 5.11 Å². The second-order valence-electron chi connectivity index (χ2n) is 2.16. The van der Waals surface area contributed by atoms with Crippen molar-refractivity contribution in [1.82, 2.24) is 4.90 Å². The molecule has 1 N–H and O–H groups in total. The maximum absolute atomic E-state index is 10.4. The van der Waals surface area contributed by atoms with Crippen molar-refractivity contribution in [3.63, 3.8) is 0 Å². The Morgan fingerprint density at radius 2 is 2.30 bits per heavy atom. The van der Waals surface area contributed by atoms with Crippen molar-refractivity contribution in [2.75, 3.05) is 0 Å². The number of nitrogens with zero attached hydrogens (tertiary/aromatic N) is 1. The van der Waals surface area contributed by atoms with Gasteiger partial charge in [0.1, 0.15) is 0 Å². The quantitative estimate of drug-likeness (QED) is 0.551. The maximum Gasteiger partial charge on any atom is 0.411 e. The second-order valence-corrected chi connectivity index (χ2v) is 2.16. The molecule has 0 aliphatic carbocycles. The van der Waals surface area contributed by atoms with E-state index in [1.54, 1.807) is 12.3 Å². The minimum absolute atomic E-state index is 0.0394. The van der Waals surface area contributed by atoms with E-state index in [9.17, 15) is 4.79 Å². The highest BCUT2D eigenvalue weighted by molar-refractivity contribution is 5.67. The fourth-order valence-corrected chi connectivity index (χ4v) is 0.834. The van der Waals surface area contributed by atoms with E-state index < -0.39 is 6.09 Å². The maximum atomic E-state index is 10.4. The van der Waals surface area contributed by atoms with Crippen molar-refractivity contribution in [3.8, 4) is 0 Å². The van der Waals surface area contributed by atoms with Gasteiger partial charge in [-0.3, -0.25) is 4.90 Å². The van der Waals surface area contributed by atoms with Gasteiger partial charge in [0, 0.05) is 6.20 Å². The molecule has 1 heterocycles. The molecule has 0 aromatic heterocycles.